The number of methoxy groups -OCH3 is 1. The zero-order chi connectivity index (χ0) is 21.3. The van der Waals surface area contributed by atoms with E-state index in [2.05, 4.69) is 5.32 Å². The van der Waals surface area contributed by atoms with Crippen LogP contribution in [-0.4, -0.2) is 23.6 Å². The molecule has 6 nitrogen and oxygen atoms in total. The minimum absolute atomic E-state index is 0.229. The Morgan fingerprint density at radius 3 is 2.45 bits per heavy atom. The lowest BCUT2D eigenvalue weighted by Gasteiger charge is -2.20. The average Bonchev–Trinajstić information content (AvgIpc) is 2.68. The van der Waals surface area contributed by atoms with Crippen molar-refractivity contribution >= 4 is 28.5 Å². The van der Waals surface area contributed by atoms with Gasteiger partial charge in [-0.3, -0.25) is 14.2 Å². The van der Waals surface area contributed by atoms with Gasteiger partial charge < -0.3 is 10.1 Å². The second kappa shape index (κ2) is 7.91. The number of hydrogen-bond donors (Lipinski definition) is 1. The van der Waals surface area contributed by atoms with Crippen LogP contribution < -0.4 is 10.9 Å². The van der Waals surface area contributed by atoms with Crippen LogP contribution in [0.1, 0.15) is 40.0 Å². The quantitative estimate of drug-likeness (QED) is 0.683. The molecule has 0 aliphatic heterocycles. The number of anilines is 1. The van der Waals surface area contributed by atoms with Crippen LogP contribution in [0.4, 0.5) is 5.69 Å². The number of benzene rings is 2. The molecule has 0 aliphatic rings. The first-order valence-corrected chi connectivity index (χ1v) is 9.35. The summed E-state index contributed by atoms with van der Waals surface area (Å²) < 4.78 is 6.24. The Labute approximate surface area is 169 Å². The van der Waals surface area contributed by atoms with E-state index in [0.717, 1.165) is 27.6 Å². The van der Waals surface area contributed by atoms with Crippen molar-refractivity contribution in [1.29, 1.82) is 0 Å². The second-order valence-corrected chi connectivity index (χ2v) is 7.25. The van der Waals surface area contributed by atoms with Gasteiger partial charge >= 0.3 is 5.97 Å². The van der Waals surface area contributed by atoms with Crippen LogP contribution in [-0.2, 0) is 9.53 Å². The number of rotatable bonds is 4. The maximum absolute atomic E-state index is 12.9. The first kappa shape index (κ1) is 20.3. The van der Waals surface area contributed by atoms with Gasteiger partial charge in [0.25, 0.3) is 5.56 Å². The predicted molar refractivity (Wildman–Crippen MR) is 114 cm³/mol. The van der Waals surface area contributed by atoms with Gasteiger partial charge in [-0.25, -0.2) is 4.79 Å². The highest BCUT2D eigenvalue weighted by atomic mass is 16.5. The van der Waals surface area contributed by atoms with Gasteiger partial charge in [-0.05, 0) is 63.1 Å². The molecule has 1 unspecified atom stereocenters. The van der Waals surface area contributed by atoms with Crippen molar-refractivity contribution in [3.8, 4) is 0 Å². The number of pyridine rings is 1. The second-order valence-electron chi connectivity index (χ2n) is 7.25. The molecular weight excluding hydrogens is 368 g/mol. The van der Waals surface area contributed by atoms with Crippen LogP contribution in [0.25, 0.3) is 10.9 Å². The summed E-state index contributed by atoms with van der Waals surface area (Å²) in [6, 6.07) is 11.3. The largest absolute Gasteiger partial charge is 0.465 e. The molecule has 0 fully saturated rings. The molecular formula is C23H24N2O4. The summed E-state index contributed by atoms with van der Waals surface area (Å²) >= 11 is 0. The summed E-state index contributed by atoms with van der Waals surface area (Å²) in [6.45, 7) is 7.53. The van der Waals surface area contributed by atoms with E-state index in [4.69, 9.17) is 4.74 Å². The zero-order valence-corrected chi connectivity index (χ0v) is 17.2. The fourth-order valence-electron chi connectivity index (χ4n) is 3.61. The van der Waals surface area contributed by atoms with E-state index >= 15 is 0 Å². The number of amides is 1. The lowest BCUT2D eigenvalue weighted by molar-refractivity contribution is -0.118. The number of aryl methyl sites for hydroxylation is 3. The van der Waals surface area contributed by atoms with Gasteiger partial charge in [0.1, 0.15) is 6.04 Å². The summed E-state index contributed by atoms with van der Waals surface area (Å²) in [4.78, 5) is 37.4. The lowest BCUT2D eigenvalue weighted by atomic mass is 10.0. The molecule has 6 heteroatoms. The van der Waals surface area contributed by atoms with E-state index in [0.29, 0.717) is 11.3 Å². The molecule has 0 bridgehead atoms. The summed E-state index contributed by atoms with van der Waals surface area (Å²) in [5.41, 5.74) is 4.24. The maximum atomic E-state index is 12.9. The molecule has 0 spiro atoms. The van der Waals surface area contributed by atoms with Crippen molar-refractivity contribution in [2.75, 3.05) is 12.4 Å². The van der Waals surface area contributed by atoms with E-state index in [1.807, 2.05) is 32.9 Å². The van der Waals surface area contributed by atoms with Crippen molar-refractivity contribution < 1.29 is 14.3 Å². The van der Waals surface area contributed by atoms with Gasteiger partial charge in [-0.1, -0.05) is 17.7 Å². The Kier molecular flexibility index (Phi) is 5.55. The van der Waals surface area contributed by atoms with Gasteiger partial charge in [0.2, 0.25) is 5.91 Å². The fraction of sp³-hybridized carbons (Fsp3) is 0.261. The minimum Gasteiger partial charge on any atom is -0.465 e. The Balaban J connectivity index is 2.02. The number of carbonyl (C=O) groups is 2. The third kappa shape index (κ3) is 3.92. The molecule has 1 heterocycles. The SMILES string of the molecule is COC(=O)c1cccc(NC(=O)C(C)n2c(=O)cc(C)c3cc(C)cc(C)c32)c1. The third-order valence-corrected chi connectivity index (χ3v) is 5.01. The Bertz CT molecular complexity index is 1180. The molecule has 0 radical (unpaired) electrons. The minimum atomic E-state index is -0.742. The van der Waals surface area contributed by atoms with Gasteiger partial charge in [0.05, 0.1) is 18.2 Å². The van der Waals surface area contributed by atoms with Gasteiger partial charge in [-0.15, -0.1) is 0 Å². The Morgan fingerprint density at radius 1 is 1.03 bits per heavy atom. The molecule has 2 aromatic carbocycles. The molecule has 1 amide bonds. The third-order valence-electron chi connectivity index (χ3n) is 5.01. The highest BCUT2D eigenvalue weighted by Gasteiger charge is 2.21. The maximum Gasteiger partial charge on any atom is 0.337 e. The fourth-order valence-corrected chi connectivity index (χ4v) is 3.61. The van der Waals surface area contributed by atoms with Crippen LogP contribution in [0.15, 0.2) is 47.3 Å². The monoisotopic (exact) mass is 392 g/mol. The number of carbonyl (C=O) groups excluding carboxylic acids is 2. The number of ether oxygens (including phenoxy) is 1. The van der Waals surface area contributed by atoms with Crippen molar-refractivity contribution in [2.24, 2.45) is 0 Å². The first-order chi connectivity index (χ1) is 13.7. The molecule has 0 aliphatic carbocycles. The van der Waals surface area contributed by atoms with Crippen LogP contribution >= 0.6 is 0 Å². The van der Waals surface area contributed by atoms with Crippen LogP contribution in [0.5, 0.6) is 0 Å². The average molecular weight is 392 g/mol. The van der Waals surface area contributed by atoms with Crippen molar-refractivity contribution in [1.82, 2.24) is 4.57 Å². The molecule has 3 aromatic rings. The first-order valence-electron chi connectivity index (χ1n) is 9.35. The molecule has 3 rings (SSSR count). The highest BCUT2D eigenvalue weighted by molar-refractivity contribution is 5.97. The van der Waals surface area contributed by atoms with Gasteiger partial charge in [0.15, 0.2) is 0 Å². The van der Waals surface area contributed by atoms with Crippen LogP contribution in [0.3, 0.4) is 0 Å². The predicted octanol–water partition coefficient (Wildman–Crippen LogP) is 3.91. The highest BCUT2D eigenvalue weighted by Crippen LogP contribution is 2.25. The molecule has 0 saturated carbocycles. The van der Waals surface area contributed by atoms with Crippen LogP contribution in [0.2, 0.25) is 0 Å². The van der Waals surface area contributed by atoms with Gasteiger partial charge in [-0.2, -0.15) is 0 Å². The molecule has 1 N–H and O–H groups in total. The van der Waals surface area contributed by atoms with E-state index in [9.17, 15) is 14.4 Å². The Morgan fingerprint density at radius 2 is 1.76 bits per heavy atom. The lowest BCUT2D eigenvalue weighted by Crippen LogP contribution is -2.32. The molecule has 1 aromatic heterocycles. The summed E-state index contributed by atoms with van der Waals surface area (Å²) in [5, 5.41) is 3.74. The smallest absolute Gasteiger partial charge is 0.337 e. The number of fused-ring (bicyclic) bond motifs is 1. The summed E-state index contributed by atoms with van der Waals surface area (Å²) in [5.74, 6) is -0.833. The molecule has 0 saturated heterocycles. The number of aromatic nitrogens is 1. The van der Waals surface area contributed by atoms with Crippen molar-refractivity contribution in [2.45, 2.75) is 33.7 Å². The number of nitrogens with zero attached hydrogens (tertiary/aromatic N) is 1. The standard InChI is InChI=1S/C23H24N2O4/c1-13-9-15(3)21-19(10-13)14(2)11-20(26)25(21)16(4)22(27)24-18-8-6-7-17(12-18)23(28)29-5/h6-12,16H,1-5H3,(H,24,27). The van der Waals surface area contributed by atoms with Crippen molar-refractivity contribution in [3.63, 3.8) is 0 Å². The number of nitrogens with one attached hydrogen (secondary N) is 1. The summed E-state index contributed by atoms with van der Waals surface area (Å²) in [7, 11) is 1.30. The zero-order valence-electron chi connectivity index (χ0n) is 17.2. The topological polar surface area (TPSA) is 77.4 Å². The number of esters is 1. The van der Waals surface area contributed by atoms with E-state index in [1.165, 1.54) is 11.7 Å². The molecule has 1 atom stereocenters. The van der Waals surface area contributed by atoms with E-state index < -0.39 is 12.0 Å². The van der Waals surface area contributed by atoms with Crippen molar-refractivity contribution in [3.05, 3.63) is 75.1 Å². The van der Waals surface area contributed by atoms with Gasteiger partial charge in [0, 0.05) is 17.1 Å². The Hall–Kier alpha value is -3.41. The van der Waals surface area contributed by atoms with E-state index in [1.54, 1.807) is 37.3 Å². The van der Waals surface area contributed by atoms with Crippen LogP contribution in [0, 0.1) is 20.8 Å². The molecule has 150 valence electrons. The summed E-state index contributed by atoms with van der Waals surface area (Å²) in [6.07, 6.45) is 0. The number of hydrogen-bond acceptors (Lipinski definition) is 4. The van der Waals surface area contributed by atoms with E-state index in [-0.39, 0.29) is 11.5 Å². The molecule has 29 heavy (non-hydrogen) atoms. The normalized spacial score (nSPS) is 11.9.